The maximum atomic E-state index is 6.12. The Morgan fingerprint density at radius 1 is 1.31 bits per heavy atom. The molecule has 1 aromatic carbocycles. The molecule has 2 nitrogen and oxygen atoms in total. The lowest BCUT2D eigenvalue weighted by molar-refractivity contribution is 0.627. The average Bonchev–Trinajstić information content (AvgIpc) is 2.62. The lowest BCUT2D eigenvalue weighted by Crippen LogP contribution is -2.18. The van der Waals surface area contributed by atoms with Gasteiger partial charge in [0.1, 0.15) is 0 Å². The van der Waals surface area contributed by atoms with Gasteiger partial charge in [0.2, 0.25) is 0 Å². The van der Waals surface area contributed by atoms with Crippen molar-refractivity contribution in [3.63, 3.8) is 0 Å². The second-order valence-corrected chi connectivity index (χ2v) is 4.53. The first-order valence-corrected chi connectivity index (χ1v) is 6.12. The molecule has 86 valence electrons. The van der Waals surface area contributed by atoms with Crippen molar-refractivity contribution in [3.05, 3.63) is 34.4 Å². The third kappa shape index (κ3) is 2.34. The minimum Gasteiger partial charge on any atom is -0.346 e. The maximum Gasteiger partial charge on any atom is 0.0514 e. The van der Waals surface area contributed by atoms with Crippen LogP contribution < -0.4 is 5.32 Å². The minimum absolute atomic E-state index is 0.681. The molecule has 0 saturated carbocycles. The van der Waals surface area contributed by atoms with Crippen molar-refractivity contribution in [2.75, 3.05) is 13.1 Å². The van der Waals surface area contributed by atoms with Crippen molar-refractivity contribution in [2.45, 2.75) is 13.5 Å². The minimum atomic E-state index is 0.681. The molecule has 0 unspecified atom stereocenters. The Balaban J connectivity index is 2.32. The summed E-state index contributed by atoms with van der Waals surface area (Å²) in [5.74, 6) is 0. The normalized spacial score (nSPS) is 11.2. The molecular weight excluding hydrogens is 243 g/mol. The van der Waals surface area contributed by atoms with Crippen molar-refractivity contribution < 1.29 is 0 Å². The molecule has 2 rings (SSSR count). The zero-order valence-electron chi connectivity index (χ0n) is 9.13. The topological polar surface area (TPSA) is 17.0 Å². The van der Waals surface area contributed by atoms with E-state index in [0.717, 1.165) is 30.5 Å². The Hall–Kier alpha value is -0.700. The molecule has 0 amide bonds. The summed E-state index contributed by atoms with van der Waals surface area (Å²) in [6.45, 7) is 4.96. The van der Waals surface area contributed by atoms with Gasteiger partial charge in [0.25, 0.3) is 0 Å². The number of nitrogens with zero attached hydrogens (tertiary/aromatic N) is 1. The number of likely N-dealkylation sites (N-methyl/N-ethyl adjacent to an activating group) is 1. The monoisotopic (exact) mass is 256 g/mol. The van der Waals surface area contributed by atoms with E-state index in [1.807, 2.05) is 18.3 Å². The van der Waals surface area contributed by atoms with Crippen LogP contribution in [-0.4, -0.2) is 17.7 Å². The highest BCUT2D eigenvalue weighted by atomic mass is 35.5. The predicted octanol–water partition coefficient (Wildman–Crippen LogP) is 3.56. The molecule has 16 heavy (non-hydrogen) atoms. The molecule has 0 aliphatic heterocycles. The standard InChI is InChI=1S/C12H14Cl2N2/c1-2-15-4-6-16-5-3-10-11(14)7-9(13)8-12(10)16/h3,5,7-8,15H,2,4,6H2,1H3. The Morgan fingerprint density at radius 2 is 2.12 bits per heavy atom. The van der Waals surface area contributed by atoms with E-state index in [4.69, 9.17) is 23.2 Å². The van der Waals surface area contributed by atoms with E-state index in [-0.39, 0.29) is 0 Å². The van der Waals surface area contributed by atoms with Crippen molar-refractivity contribution in [1.29, 1.82) is 0 Å². The Morgan fingerprint density at radius 3 is 2.88 bits per heavy atom. The number of benzene rings is 1. The predicted molar refractivity (Wildman–Crippen MR) is 70.5 cm³/mol. The van der Waals surface area contributed by atoms with Gasteiger partial charge < -0.3 is 9.88 Å². The van der Waals surface area contributed by atoms with Crippen molar-refractivity contribution in [3.8, 4) is 0 Å². The van der Waals surface area contributed by atoms with Gasteiger partial charge in [-0.3, -0.25) is 0 Å². The zero-order chi connectivity index (χ0) is 11.5. The van der Waals surface area contributed by atoms with Crippen LogP contribution in [0, 0.1) is 0 Å². The first-order chi connectivity index (χ1) is 7.72. The van der Waals surface area contributed by atoms with Gasteiger partial charge in [-0.25, -0.2) is 0 Å². The molecule has 0 saturated heterocycles. The quantitative estimate of drug-likeness (QED) is 0.829. The van der Waals surface area contributed by atoms with Crippen LogP contribution in [0.3, 0.4) is 0 Å². The molecule has 0 atom stereocenters. The highest BCUT2D eigenvalue weighted by Crippen LogP contribution is 2.28. The van der Waals surface area contributed by atoms with Crippen molar-refractivity contribution >= 4 is 34.1 Å². The molecule has 0 spiro atoms. The Bertz CT molecular complexity index is 491. The number of hydrogen-bond donors (Lipinski definition) is 1. The fraction of sp³-hybridized carbons (Fsp3) is 0.333. The number of hydrogen-bond acceptors (Lipinski definition) is 1. The van der Waals surface area contributed by atoms with E-state index in [9.17, 15) is 0 Å². The average molecular weight is 257 g/mol. The summed E-state index contributed by atoms with van der Waals surface area (Å²) < 4.78 is 2.16. The van der Waals surface area contributed by atoms with Gasteiger partial charge in [-0.15, -0.1) is 0 Å². The molecule has 0 fully saturated rings. The molecule has 1 heterocycles. The largest absolute Gasteiger partial charge is 0.346 e. The molecular formula is C12H14Cl2N2. The zero-order valence-corrected chi connectivity index (χ0v) is 10.6. The molecule has 0 aliphatic carbocycles. The van der Waals surface area contributed by atoms with Crippen LogP contribution in [0.15, 0.2) is 24.4 Å². The van der Waals surface area contributed by atoms with Crippen LogP contribution in [0.2, 0.25) is 10.0 Å². The summed E-state index contributed by atoms with van der Waals surface area (Å²) in [6.07, 6.45) is 2.05. The second-order valence-electron chi connectivity index (χ2n) is 3.68. The van der Waals surface area contributed by atoms with E-state index in [1.54, 1.807) is 6.07 Å². The fourth-order valence-corrected chi connectivity index (χ4v) is 2.34. The lowest BCUT2D eigenvalue weighted by Gasteiger charge is -2.06. The van der Waals surface area contributed by atoms with Crippen LogP contribution in [0.5, 0.6) is 0 Å². The van der Waals surface area contributed by atoms with E-state index in [2.05, 4.69) is 16.8 Å². The Labute approximate surface area is 105 Å². The highest BCUT2D eigenvalue weighted by Gasteiger charge is 2.05. The number of fused-ring (bicyclic) bond motifs is 1. The van der Waals surface area contributed by atoms with Gasteiger partial charge in [0, 0.05) is 29.7 Å². The molecule has 0 bridgehead atoms. The van der Waals surface area contributed by atoms with Crippen LogP contribution in [-0.2, 0) is 6.54 Å². The molecule has 1 aromatic heterocycles. The summed E-state index contributed by atoms with van der Waals surface area (Å²) in [7, 11) is 0. The molecule has 2 aromatic rings. The van der Waals surface area contributed by atoms with E-state index in [1.165, 1.54) is 0 Å². The van der Waals surface area contributed by atoms with Crippen LogP contribution in [0.4, 0.5) is 0 Å². The number of halogens is 2. The van der Waals surface area contributed by atoms with Crippen LogP contribution in [0.1, 0.15) is 6.92 Å². The van der Waals surface area contributed by atoms with Gasteiger partial charge in [-0.2, -0.15) is 0 Å². The van der Waals surface area contributed by atoms with Gasteiger partial charge in [0.15, 0.2) is 0 Å². The van der Waals surface area contributed by atoms with Gasteiger partial charge in [-0.1, -0.05) is 30.1 Å². The molecule has 1 N–H and O–H groups in total. The van der Waals surface area contributed by atoms with Gasteiger partial charge in [0.05, 0.1) is 10.5 Å². The second kappa shape index (κ2) is 5.09. The first-order valence-electron chi connectivity index (χ1n) is 5.37. The maximum absolute atomic E-state index is 6.12. The molecule has 0 aliphatic rings. The van der Waals surface area contributed by atoms with Crippen molar-refractivity contribution in [1.82, 2.24) is 9.88 Å². The van der Waals surface area contributed by atoms with Crippen molar-refractivity contribution in [2.24, 2.45) is 0 Å². The molecule has 4 heteroatoms. The van der Waals surface area contributed by atoms with Gasteiger partial charge in [-0.05, 0) is 24.7 Å². The van der Waals surface area contributed by atoms with Crippen LogP contribution in [0.25, 0.3) is 10.9 Å². The number of nitrogens with one attached hydrogen (secondary N) is 1. The first kappa shape index (κ1) is 11.8. The number of aromatic nitrogens is 1. The number of rotatable bonds is 4. The smallest absolute Gasteiger partial charge is 0.0514 e. The van der Waals surface area contributed by atoms with E-state index in [0.29, 0.717) is 10.0 Å². The SMILES string of the molecule is CCNCCn1ccc2c(Cl)cc(Cl)cc21. The lowest BCUT2D eigenvalue weighted by atomic mass is 10.2. The summed E-state index contributed by atoms with van der Waals surface area (Å²) in [4.78, 5) is 0. The van der Waals surface area contributed by atoms with E-state index < -0.39 is 0 Å². The summed E-state index contributed by atoms with van der Waals surface area (Å²) in [5.41, 5.74) is 1.09. The van der Waals surface area contributed by atoms with Crippen LogP contribution >= 0.6 is 23.2 Å². The highest BCUT2D eigenvalue weighted by molar-refractivity contribution is 6.38. The summed E-state index contributed by atoms with van der Waals surface area (Å²) in [5, 5.41) is 5.75. The summed E-state index contributed by atoms with van der Waals surface area (Å²) in [6, 6.07) is 5.76. The third-order valence-corrected chi connectivity index (χ3v) is 3.11. The van der Waals surface area contributed by atoms with E-state index >= 15 is 0 Å². The molecule has 0 radical (unpaired) electrons. The third-order valence-electron chi connectivity index (χ3n) is 2.58. The summed E-state index contributed by atoms with van der Waals surface area (Å²) >= 11 is 12.1. The Kier molecular flexibility index (Phi) is 3.74. The fourth-order valence-electron chi connectivity index (χ4n) is 1.79. The van der Waals surface area contributed by atoms with Gasteiger partial charge >= 0.3 is 0 Å².